The molecule has 5 heteroatoms. The smallest absolute Gasteiger partial charge is 0.162 e. The maximum atomic E-state index is 6.02. The normalized spacial score (nSPS) is 19.8. The summed E-state index contributed by atoms with van der Waals surface area (Å²) >= 11 is 0. The number of nitrogens with two attached hydrogens (primary N) is 1. The van der Waals surface area contributed by atoms with Gasteiger partial charge in [0.15, 0.2) is 11.5 Å². The molecule has 0 radical (unpaired) electrons. The highest BCUT2D eigenvalue weighted by Crippen LogP contribution is 2.35. The molecule has 0 bridgehead atoms. The Bertz CT molecular complexity index is 423. The van der Waals surface area contributed by atoms with Gasteiger partial charge in [0, 0.05) is 24.7 Å². The topological polar surface area (TPSA) is 59.8 Å². The molecule has 18 heavy (non-hydrogen) atoms. The van der Waals surface area contributed by atoms with Crippen LogP contribution in [0.3, 0.4) is 0 Å². The van der Waals surface area contributed by atoms with Crippen molar-refractivity contribution in [2.75, 3.05) is 45.4 Å². The summed E-state index contributed by atoms with van der Waals surface area (Å²) in [5, 5.41) is 3.46. The number of rotatable bonds is 4. The lowest BCUT2D eigenvalue weighted by Gasteiger charge is -2.18. The predicted octanol–water partition coefficient (Wildman–Crippen LogP) is 1.40. The number of nitrogens with zero attached hydrogens (tertiary/aromatic N) is 1. The standard InChI is InChI=1S/C13H21N3O2/c1-16-5-4-9(8-16)15-11-7-13(18-3)12(17-2)6-10(11)14/h6-7,9,15H,4-5,8,14H2,1-3H3. The molecule has 1 aliphatic rings. The SMILES string of the molecule is COc1cc(N)c(NC2CCN(C)C2)cc1OC. The quantitative estimate of drug-likeness (QED) is 0.792. The van der Waals surface area contributed by atoms with Crippen molar-refractivity contribution in [3.63, 3.8) is 0 Å². The highest BCUT2D eigenvalue weighted by atomic mass is 16.5. The Morgan fingerprint density at radius 3 is 2.50 bits per heavy atom. The average molecular weight is 251 g/mol. The second-order valence-corrected chi connectivity index (χ2v) is 4.69. The van der Waals surface area contributed by atoms with Gasteiger partial charge in [-0.2, -0.15) is 0 Å². The third kappa shape index (κ3) is 2.61. The molecule has 1 fully saturated rings. The van der Waals surface area contributed by atoms with Gasteiger partial charge in [0.1, 0.15) is 0 Å². The molecular formula is C13H21N3O2. The fraction of sp³-hybridized carbons (Fsp3) is 0.538. The van der Waals surface area contributed by atoms with Gasteiger partial charge >= 0.3 is 0 Å². The van der Waals surface area contributed by atoms with Crippen LogP contribution in [0.2, 0.25) is 0 Å². The molecule has 3 N–H and O–H groups in total. The van der Waals surface area contributed by atoms with E-state index in [-0.39, 0.29) is 0 Å². The number of methoxy groups -OCH3 is 2. The summed E-state index contributed by atoms with van der Waals surface area (Å²) in [5.74, 6) is 1.35. The number of hydrogen-bond donors (Lipinski definition) is 2. The maximum absolute atomic E-state index is 6.02. The minimum Gasteiger partial charge on any atom is -0.493 e. The van der Waals surface area contributed by atoms with Crippen LogP contribution in [0.15, 0.2) is 12.1 Å². The Balaban J connectivity index is 2.17. The molecule has 1 unspecified atom stereocenters. The van der Waals surface area contributed by atoms with Gasteiger partial charge in [0.25, 0.3) is 0 Å². The van der Waals surface area contributed by atoms with Crippen molar-refractivity contribution in [3.8, 4) is 11.5 Å². The zero-order chi connectivity index (χ0) is 13.1. The van der Waals surface area contributed by atoms with Gasteiger partial charge in [0.2, 0.25) is 0 Å². The lowest BCUT2D eigenvalue weighted by atomic mass is 10.2. The number of hydrogen-bond acceptors (Lipinski definition) is 5. The molecule has 0 aliphatic carbocycles. The van der Waals surface area contributed by atoms with Crippen molar-refractivity contribution in [3.05, 3.63) is 12.1 Å². The first-order valence-corrected chi connectivity index (χ1v) is 6.10. The Hall–Kier alpha value is -1.62. The first-order chi connectivity index (χ1) is 8.63. The summed E-state index contributed by atoms with van der Waals surface area (Å²) in [6.07, 6.45) is 1.13. The van der Waals surface area contributed by atoms with Crippen LogP contribution in [0.4, 0.5) is 11.4 Å². The minimum atomic E-state index is 0.440. The highest BCUT2D eigenvalue weighted by Gasteiger charge is 2.20. The van der Waals surface area contributed by atoms with Crippen LogP contribution >= 0.6 is 0 Å². The summed E-state index contributed by atoms with van der Waals surface area (Å²) in [6, 6.07) is 4.13. The van der Waals surface area contributed by atoms with E-state index in [2.05, 4.69) is 17.3 Å². The molecule has 100 valence electrons. The van der Waals surface area contributed by atoms with Crippen LogP contribution in [0.25, 0.3) is 0 Å². The van der Waals surface area contributed by atoms with Gasteiger partial charge in [-0.25, -0.2) is 0 Å². The summed E-state index contributed by atoms with van der Waals surface area (Å²) in [5.41, 5.74) is 7.61. The maximum Gasteiger partial charge on any atom is 0.162 e. The fourth-order valence-corrected chi connectivity index (χ4v) is 2.29. The Labute approximate surface area is 108 Å². The van der Waals surface area contributed by atoms with Crippen LogP contribution in [0.5, 0.6) is 11.5 Å². The van der Waals surface area contributed by atoms with E-state index in [1.54, 1.807) is 20.3 Å². The third-order valence-electron chi connectivity index (χ3n) is 3.31. The van der Waals surface area contributed by atoms with E-state index in [9.17, 15) is 0 Å². The number of nitrogens with one attached hydrogen (secondary N) is 1. The van der Waals surface area contributed by atoms with E-state index in [1.165, 1.54) is 0 Å². The van der Waals surface area contributed by atoms with E-state index in [0.29, 0.717) is 23.2 Å². The minimum absolute atomic E-state index is 0.440. The monoisotopic (exact) mass is 251 g/mol. The van der Waals surface area contributed by atoms with Crippen LogP contribution < -0.4 is 20.5 Å². The van der Waals surface area contributed by atoms with E-state index in [0.717, 1.165) is 25.2 Å². The van der Waals surface area contributed by atoms with Crippen LogP contribution in [0.1, 0.15) is 6.42 Å². The van der Waals surface area contributed by atoms with Crippen LogP contribution in [-0.4, -0.2) is 45.3 Å². The molecule has 2 rings (SSSR count). The summed E-state index contributed by atoms with van der Waals surface area (Å²) in [6.45, 7) is 2.15. The molecule has 0 aromatic heterocycles. The number of nitrogen functional groups attached to an aromatic ring is 1. The molecule has 1 heterocycles. The van der Waals surface area contributed by atoms with Crippen molar-refractivity contribution in [2.24, 2.45) is 0 Å². The Morgan fingerprint density at radius 1 is 1.28 bits per heavy atom. The van der Waals surface area contributed by atoms with Crippen molar-refractivity contribution in [2.45, 2.75) is 12.5 Å². The number of anilines is 2. The zero-order valence-corrected chi connectivity index (χ0v) is 11.2. The molecule has 1 aliphatic heterocycles. The second-order valence-electron chi connectivity index (χ2n) is 4.69. The predicted molar refractivity (Wildman–Crippen MR) is 73.5 cm³/mol. The van der Waals surface area contributed by atoms with Gasteiger partial charge in [-0.1, -0.05) is 0 Å². The van der Waals surface area contributed by atoms with Gasteiger partial charge < -0.3 is 25.4 Å². The molecule has 1 aromatic carbocycles. The van der Waals surface area contributed by atoms with Gasteiger partial charge in [0.05, 0.1) is 25.6 Å². The van der Waals surface area contributed by atoms with E-state index in [1.807, 2.05) is 6.07 Å². The lowest BCUT2D eigenvalue weighted by molar-refractivity contribution is 0.355. The van der Waals surface area contributed by atoms with E-state index >= 15 is 0 Å². The first-order valence-electron chi connectivity index (χ1n) is 6.10. The first kappa shape index (κ1) is 12.8. The molecule has 5 nitrogen and oxygen atoms in total. The number of likely N-dealkylation sites (tertiary alicyclic amines) is 1. The van der Waals surface area contributed by atoms with Crippen LogP contribution in [-0.2, 0) is 0 Å². The van der Waals surface area contributed by atoms with Crippen molar-refractivity contribution < 1.29 is 9.47 Å². The number of benzene rings is 1. The van der Waals surface area contributed by atoms with E-state index < -0.39 is 0 Å². The van der Waals surface area contributed by atoms with Crippen LogP contribution in [0, 0.1) is 0 Å². The summed E-state index contributed by atoms with van der Waals surface area (Å²) in [4.78, 5) is 2.30. The van der Waals surface area contributed by atoms with Crippen molar-refractivity contribution in [1.82, 2.24) is 4.90 Å². The molecule has 1 atom stereocenters. The number of ether oxygens (including phenoxy) is 2. The van der Waals surface area contributed by atoms with Crippen molar-refractivity contribution in [1.29, 1.82) is 0 Å². The summed E-state index contributed by atoms with van der Waals surface area (Å²) < 4.78 is 10.5. The largest absolute Gasteiger partial charge is 0.493 e. The van der Waals surface area contributed by atoms with Gasteiger partial charge in [-0.15, -0.1) is 0 Å². The highest BCUT2D eigenvalue weighted by molar-refractivity contribution is 5.72. The fourth-order valence-electron chi connectivity index (χ4n) is 2.29. The second kappa shape index (κ2) is 5.35. The van der Waals surface area contributed by atoms with Gasteiger partial charge in [-0.3, -0.25) is 0 Å². The van der Waals surface area contributed by atoms with Gasteiger partial charge in [-0.05, 0) is 20.0 Å². The van der Waals surface area contributed by atoms with Crippen molar-refractivity contribution >= 4 is 11.4 Å². The molecule has 1 saturated heterocycles. The molecule has 0 spiro atoms. The zero-order valence-electron chi connectivity index (χ0n) is 11.2. The Kier molecular flexibility index (Phi) is 3.81. The number of likely N-dealkylation sites (N-methyl/N-ethyl adjacent to an activating group) is 1. The molecule has 0 amide bonds. The third-order valence-corrected chi connectivity index (χ3v) is 3.31. The lowest BCUT2D eigenvalue weighted by Crippen LogP contribution is -2.24. The summed E-state index contributed by atoms with van der Waals surface area (Å²) in [7, 11) is 5.36. The molecule has 0 saturated carbocycles. The molecular weight excluding hydrogens is 230 g/mol. The molecule has 1 aromatic rings. The van der Waals surface area contributed by atoms with E-state index in [4.69, 9.17) is 15.2 Å². The average Bonchev–Trinajstić information content (AvgIpc) is 2.77. The Morgan fingerprint density at radius 2 is 1.94 bits per heavy atom.